The van der Waals surface area contributed by atoms with E-state index < -0.39 is 6.03 Å². The first-order valence-corrected chi connectivity index (χ1v) is 7.41. The van der Waals surface area contributed by atoms with Gasteiger partial charge in [-0.05, 0) is 45.8 Å². The van der Waals surface area contributed by atoms with Crippen molar-refractivity contribution in [3.05, 3.63) is 0 Å². The average molecular weight is 284 g/mol. The van der Waals surface area contributed by atoms with E-state index in [1.54, 1.807) is 6.92 Å². The Morgan fingerprint density at radius 3 is 2.35 bits per heavy atom. The van der Waals surface area contributed by atoms with Crippen LogP contribution >= 0.6 is 0 Å². The van der Waals surface area contributed by atoms with Crippen LogP contribution in [0.4, 0.5) is 4.79 Å². The normalized spacial score (nSPS) is 18.9. The summed E-state index contributed by atoms with van der Waals surface area (Å²) in [6, 6.07) is -0.417. The largest absolute Gasteiger partial charge is 0.338 e. The molecule has 116 valence electrons. The van der Waals surface area contributed by atoms with Crippen LogP contribution in [0, 0.1) is 5.92 Å². The molecule has 3 N–H and O–H groups in total. The third-order valence-electron chi connectivity index (χ3n) is 3.51. The number of piperidine rings is 1. The molecule has 0 aromatic carbocycles. The molecule has 1 saturated heterocycles. The van der Waals surface area contributed by atoms with Crippen LogP contribution in [0.15, 0.2) is 0 Å². The summed E-state index contributed by atoms with van der Waals surface area (Å²) >= 11 is 0. The highest BCUT2D eigenvalue weighted by molar-refractivity contribution is 5.96. The monoisotopic (exact) mass is 284 g/mol. The molecule has 0 aliphatic carbocycles. The fourth-order valence-electron chi connectivity index (χ4n) is 2.17. The summed E-state index contributed by atoms with van der Waals surface area (Å²) in [6.07, 6.45) is 2.07. The van der Waals surface area contributed by atoms with Crippen molar-refractivity contribution in [2.45, 2.75) is 45.7 Å². The van der Waals surface area contributed by atoms with Crippen LogP contribution in [0.1, 0.15) is 33.6 Å². The highest BCUT2D eigenvalue weighted by atomic mass is 16.2. The maximum Gasteiger partial charge on any atom is 0.321 e. The van der Waals surface area contributed by atoms with Crippen molar-refractivity contribution in [2.75, 3.05) is 26.7 Å². The minimum Gasteiger partial charge on any atom is -0.338 e. The average Bonchev–Trinajstić information content (AvgIpc) is 2.39. The predicted octanol–water partition coefficient (Wildman–Crippen LogP) is 0.541. The van der Waals surface area contributed by atoms with Gasteiger partial charge in [0.15, 0.2) is 0 Å². The van der Waals surface area contributed by atoms with Gasteiger partial charge in [-0.1, -0.05) is 13.8 Å². The highest BCUT2D eigenvalue weighted by Gasteiger charge is 2.22. The van der Waals surface area contributed by atoms with Crippen LogP contribution < -0.4 is 16.0 Å². The number of carbonyl (C=O) groups is 2. The van der Waals surface area contributed by atoms with Gasteiger partial charge in [0, 0.05) is 12.6 Å². The Kier molecular flexibility index (Phi) is 6.95. The molecule has 1 atom stereocenters. The van der Waals surface area contributed by atoms with Crippen molar-refractivity contribution in [1.29, 1.82) is 0 Å². The number of likely N-dealkylation sites (tertiary alicyclic amines) is 1. The van der Waals surface area contributed by atoms with Gasteiger partial charge in [-0.3, -0.25) is 10.1 Å². The van der Waals surface area contributed by atoms with Crippen LogP contribution in [0.25, 0.3) is 0 Å². The van der Waals surface area contributed by atoms with E-state index >= 15 is 0 Å². The van der Waals surface area contributed by atoms with Crippen molar-refractivity contribution in [3.63, 3.8) is 0 Å². The molecule has 0 aromatic rings. The molecular weight excluding hydrogens is 256 g/mol. The topological polar surface area (TPSA) is 73.5 Å². The first kappa shape index (κ1) is 16.9. The van der Waals surface area contributed by atoms with Gasteiger partial charge in [0.2, 0.25) is 5.91 Å². The van der Waals surface area contributed by atoms with E-state index in [9.17, 15) is 9.59 Å². The second kappa shape index (κ2) is 8.21. The second-order valence-corrected chi connectivity index (χ2v) is 6.06. The van der Waals surface area contributed by atoms with E-state index in [4.69, 9.17) is 0 Å². The minimum absolute atomic E-state index is 0.273. The number of amides is 3. The van der Waals surface area contributed by atoms with Gasteiger partial charge in [0.25, 0.3) is 0 Å². The lowest BCUT2D eigenvalue weighted by Crippen LogP contribution is -2.52. The molecule has 1 unspecified atom stereocenters. The maximum absolute atomic E-state index is 11.9. The van der Waals surface area contributed by atoms with Crippen molar-refractivity contribution in [1.82, 2.24) is 20.9 Å². The molecule has 0 spiro atoms. The van der Waals surface area contributed by atoms with Crippen molar-refractivity contribution < 1.29 is 9.59 Å². The number of carbonyl (C=O) groups excluding carboxylic acids is 2. The zero-order valence-electron chi connectivity index (χ0n) is 13.0. The van der Waals surface area contributed by atoms with Gasteiger partial charge in [0.1, 0.15) is 0 Å². The van der Waals surface area contributed by atoms with Crippen LogP contribution in [-0.4, -0.2) is 55.6 Å². The van der Waals surface area contributed by atoms with Crippen LogP contribution in [0.3, 0.4) is 0 Å². The van der Waals surface area contributed by atoms with Crippen LogP contribution in [-0.2, 0) is 4.79 Å². The summed E-state index contributed by atoms with van der Waals surface area (Å²) in [4.78, 5) is 25.7. The fourth-order valence-corrected chi connectivity index (χ4v) is 2.17. The number of imide groups is 1. The predicted molar refractivity (Wildman–Crippen MR) is 79.5 cm³/mol. The number of rotatable bonds is 5. The molecule has 0 aromatic heterocycles. The molecule has 20 heavy (non-hydrogen) atoms. The summed E-state index contributed by atoms with van der Waals surface area (Å²) in [6.45, 7) is 8.46. The summed E-state index contributed by atoms with van der Waals surface area (Å²) in [5.41, 5.74) is 0. The molecule has 6 nitrogen and oxygen atoms in total. The second-order valence-electron chi connectivity index (χ2n) is 6.06. The lowest BCUT2D eigenvalue weighted by Gasteiger charge is -2.31. The Morgan fingerprint density at radius 1 is 1.20 bits per heavy atom. The zero-order valence-corrected chi connectivity index (χ0v) is 13.0. The maximum atomic E-state index is 11.9. The third kappa shape index (κ3) is 6.34. The van der Waals surface area contributed by atoms with E-state index in [1.165, 1.54) is 0 Å². The van der Waals surface area contributed by atoms with Crippen LogP contribution in [0.2, 0.25) is 0 Å². The lowest BCUT2D eigenvalue weighted by atomic mass is 10.0. The summed E-state index contributed by atoms with van der Waals surface area (Å²) < 4.78 is 0. The molecule has 1 aliphatic heterocycles. The Hall–Kier alpha value is -1.14. The number of nitrogens with zero attached hydrogens (tertiary/aromatic N) is 1. The van der Waals surface area contributed by atoms with E-state index in [-0.39, 0.29) is 11.9 Å². The molecule has 0 bridgehead atoms. The van der Waals surface area contributed by atoms with Gasteiger partial charge in [-0.25, -0.2) is 4.79 Å². The molecule has 0 saturated carbocycles. The minimum atomic E-state index is -0.416. The number of nitrogens with one attached hydrogen (secondary N) is 3. The van der Waals surface area contributed by atoms with E-state index in [0.29, 0.717) is 18.5 Å². The van der Waals surface area contributed by atoms with Gasteiger partial charge in [-0.15, -0.1) is 0 Å². The summed E-state index contributed by atoms with van der Waals surface area (Å²) in [7, 11) is 2.10. The van der Waals surface area contributed by atoms with Crippen molar-refractivity contribution in [2.24, 2.45) is 5.92 Å². The molecule has 3 amide bonds. The van der Waals surface area contributed by atoms with Crippen molar-refractivity contribution >= 4 is 11.9 Å². The Balaban J connectivity index is 2.26. The zero-order chi connectivity index (χ0) is 15.1. The fraction of sp³-hybridized carbons (Fsp3) is 0.857. The molecular formula is C14H28N4O2. The lowest BCUT2D eigenvalue weighted by molar-refractivity contribution is -0.121. The number of hydrogen-bond donors (Lipinski definition) is 3. The molecule has 1 fully saturated rings. The highest BCUT2D eigenvalue weighted by Crippen LogP contribution is 2.08. The van der Waals surface area contributed by atoms with Gasteiger partial charge >= 0.3 is 6.03 Å². The number of urea groups is 1. The smallest absolute Gasteiger partial charge is 0.321 e. The Morgan fingerprint density at radius 2 is 1.80 bits per heavy atom. The summed E-state index contributed by atoms with van der Waals surface area (Å²) in [5, 5.41) is 8.33. The van der Waals surface area contributed by atoms with Gasteiger partial charge in [0.05, 0.1) is 6.04 Å². The van der Waals surface area contributed by atoms with E-state index in [1.807, 2.05) is 13.8 Å². The van der Waals surface area contributed by atoms with Gasteiger partial charge < -0.3 is 15.5 Å². The molecule has 1 heterocycles. The molecule has 1 rings (SSSR count). The summed E-state index contributed by atoms with van der Waals surface area (Å²) in [5.74, 6) is 0.0933. The van der Waals surface area contributed by atoms with Gasteiger partial charge in [-0.2, -0.15) is 0 Å². The van der Waals surface area contributed by atoms with E-state index in [2.05, 4.69) is 27.9 Å². The molecule has 6 heteroatoms. The van der Waals surface area contributed by atoms with E-state index in [0.717, 1.165) is 25.9 Å². The van der Waals surface area contributed by atoms with Crippen molar-refractivity contribution in [3.8, 4) is 0 Å². The first-order valence-electron chi connectivity index (χ1n) is 7.41. The Bertz CT molecular complexity index is 325. The number of hydrogen-bond acceptors (Lipinski definition) is 4. The first-order chi connectivity index (χ1) is 9.38. The Labute approximate surface area is 121 Å². The molecule has 1 aliphatic rings. The quantitative estimate of drug-likeness (QED) is 0.689. The third-order valence-corrected chi connectivity index (χ3v) is 3.51. The standard InChI is InChI=1S/C14H28N4O2/c1-10(2)9-15-14(20)17-13(19)11(3)16-12-5-7-18(4)8-6-12/h10-12,16H,5-9H2,1-4H3,(H2,15,17,19,20). The molecule has 0 radical (unpaired) electrons. The SMILES string of the molecule is CC(C)CNC(=O)NC(=O)C(C)NC1CCN(C)CC1. The van der Waals surface area contributed by atoms with Crippen LogP contribution in [0.5, 0.6) is 0 Å².